The van der Waals surface area contributed by atoms with Crippen molar-refractivity contribution in [3.05, 3.63) is 34.1 Å². The van der Waals surface area contributed by atoms with Crippen molar-refractivity contribution in [2.75, 3.05) is 38.6 Å². The maximum absolute atomic E-state index is 13.7. The van der Waals surface area contributed by atoms with Crippen LogP contribution >= 0.6 is 27.5 Å². The van der Waals surface area contributed by atoms with Gasteiger partial charge >= 0.3 is 0 Å². The first-order chi connectivity index (χ1) is 8.69. The molecule has 0 spiro atoms. The first-order valence-corrected chi connectivity index (χ1v) is 7.46. The summed E-state index contributed by atoms with van der Waals surface area (Å²) >= 11 is 9.00. The molecule has 0 bridgehead atoms. The average molecular weight is 336 g/mol. The van der Waals surface area contributed by atoms with Crippen molar-refractivity contribution in [1.82, 2.24) is 9.80 Å². The van der Waals surface area contributed by atoms with E-state index in [2.05, 4.69) is 25.7 Å². The van der Waals surface area contributed by atoms with Crippen LogP contribution in [-0.2, 0) is 6.54 Å². The topological polar surface area (TPSA) is 6.48 Å². The molecule has 0 unspecified atom stereocenters. The molecule has 1 fully saturated rings. The minimum absolute atomic E-state index is 0.132. The lowest BCUT2D eigenvalue weighted by Gasteiger charge is -2.34. The van der Waals surface area contributed by atoms with Gasteiger partial charge in [0.15, 0.2) is 0 Å². The average Bonchev–Trinajstić information content (AvgIpc) is 2.35. The molecule has 1 heterocycles. The van der Waals surface area contributed by atoms with E-state index in [1.165, 1.54) is 6.07 Å². The third-order valence-corrected chi connectivity index (χ3v) is 3.94. The van der Waals surface area contributed by atoms with Gasteiger partial charge in [-0.1, -0.05) is 22.0 Å². The molecule has 2 rings (SSSR count). The van der Waals surface area contributed by atoms with E-state index in [9.17, 15) is 4.39 Å². The molecule has 1 aliphatic heterocycles. The molecule has 1 aromatic carbocycles. The van der Waals surface area contributed by atoms with Gasteiger partial charge in [0.05, 0.1) is 0 Å². The Morgan fingerprint density at radius 2 is 1.83 bits per heavy atom. The van der Waals surface area contributed by atoms with Crippen LogP contribution in [0.2, 0.25) is 0 Å². The van der Waals surface area contributed by atoms with Gasteiger partial charge in [0, 0.05) is 55.2 Å². The largest absolute Gasteiger partial charge is 0.300 e. The van der Waals surface area contributed by atoms with Gasteiger partial charge in [-0.15, -0.1) is 11.6 Å². The zero-order valence-corrected chi connectivity index (χ0v) is 12.6. The predicted molar refractivity (Wildman–Crippen MR) is 76.5 cm³/mol. The second-order valence-corrected chi connectivity index (χ2v) is 5.84. The molecular formula is C13H17BrClFN2. The summed E-state index contributed by atoms with van der Waals surface area (Å²) in [5.74, 6) is 0.550. The lowest BCUT2D eigenvalue weighted by Crippen LogP contribution is -2.46. The second kappa shape index (κ2) is 6.85. The van der Waals surface area contributed by atoms with Crippen LogP contribution in [0, 0.1) is 5.82 Å². The van der Waals surface area contributed by atoms with Crippen molar-refractivity contribution < 1.29 is 4.39 Å². The standard InChI is InChI=1S/C13H17BrClFN2/c14-12-2-1-11(13(16)9-12)10-18-7-5-17(4-3-15)6-8-18/h1-2,9H,3-8,10H2. The third-order valence-electron chi connectivity index (χ3n) is 3.27. The number of halogens is 3. The Morgan fingerprint density at radius 3 is 2.44 bits per heavy atom. The highest BCUT2D eigenvalue weighted by Crippen LogP contribution is 2.17. The molecular weight excluding hydrogens is 319 g/mol. The first-order valence-electron chi connectivity index (χ1n) is 6.13. The van der Waals surface area contributed by atoms with Gasteiger partial charge in [0.2, 0.25) is 0 Å². The summed E-state index contributed by atoms with van der Waals surface area (Å²) in [6.07, 6.45) is 0. The molecule has 0 N–H and O–H groups in total. The molecule has 1 saturated heterocycles. The molecule has 18 heavy (non-hydrogen) atoms. The van der Waals surface area contributed by atoms with E-state index >= 15 is 0 Å². The summed E-state index contributed by atoms with van der Waals surface area (Å²) in [5.41, 5.74) is 0.768. The van der Waals surface area contributed by atoms with E-state index in [-0.39, 0.29) is 5.82 Å². The van der Waals surface area contributed by atoms with Gasteiger partial charge in [0.25, 0.3) is 0 Å². The smallest absolute Gasteiger partial charge is 0.128 e. The minimum Gasteiger partial charge on any atom is -0.300 e. The molecule has 0 aliphatic carbocycles. The Balaban J connectivity index is 1.87. The van der Waals surface area contributed by atoms with Crippen molar-refractivity contribution in [2.24, 2.45) is 0 Å². The number of hydrogen-bond donors (Lipinski definition) is 0. The molecule has 5 heteroatoms. The van der Waals surface area contributed by atoms with Crippen molar-refractivity contribution in [3.8, 4) is 0 Å². The lowest BCUT2D eigenvalue weighted by atomic mass is 10.2. The number of alkyl halides is 1. The summed E-state index contributed by atoms with van der Waals surface area (Å²) in [6.45, 7) is 5.63. The maximum atomic E-state index is 13.7. The lowest BCUT2D eigenvalue weighted by molar-refractivity contribution is 0.131. The highest BCUT2D eigenvalue weighted by atomic mass is 79.9. The Kier molecular flexibility index (Phi) is 5.42. The van der Waals surface area contributed by atoms with Gasteiger partial charge in [-0.25, -0.2) is 4.39 Å². The number of rotatable bonds is 4. The zero-order chi connectivity index (χ0) is 13.0. The van der Waals surface area contributed by atoms with Gasteiger partial charge in [-0.3, -0.25) is 9.80 Å². The number of piperazine rings is 1. The molecule has 0 amide bonds. The first kappa shape index (κ1) is 14.3. The Morgan fingerprint density at radius 1 is 1.17 bits per heavy atom. The van der Waals surface area contributed by atoms with Gasteiger partial charge < -0.3 is 0 Å². The van der Waals surface area contributed by atoms with E-state index < -0.39 is 0 Å². The summed E-state index contributed by atoms with van der Waals surface area (Å²) in [6, 6.07) is 5.27. The van der Waals surface area contributed by atoms with Crippen LogP contribution in [-0.4, -0.2) is 48.4 Å². The zero-order valence-electron chi connectivity index (χ0n) is 10.2. The van der Waals surface area contributed by atoms with Crippen LogP contribution in [0.5, 0.6) is 0 Å². The Bertz CT molecular complexity index is 395. The highest BCUT2D eigenvalue weighted by Gasteiger charge is 2.17. The number of nitrogens with zero attached hydrogens (tertiary/aromatic N) is 2. The van der Waals surface area contributed by atoms with Crippen LogP contribution in [0.15, 0.2) is 22.7 Å². The van der Waals surface area contributed by atoms with Crippen molar-refractivity contribution in [1.29, 1.82) is 0 Å². The van der Waals surface area contributed by atoms with E-state index in [1.54, 1.807) is 0 Å². The SMILES string of the molecule is Fc1cc(Br)ccc1CN1CCN(CCCl)CC1. The van der Waals surface area contributed by atoms with Crippen molar-refractivity contribution in [2.45, 2.75) is 6.54 Å². The van der Waals surface area contributed by atoms with E-state index in [0.717, 1.165) is 42.8 Å². The molecule has 0 atom stereocenters. The van der Waals surface area contributed by atoms with Crippen LogP contribution in [0.3, 0.4) is 0 Å². The Labute approximate surface area is 121 Å². The van der Waals surface area contributed by atoms with Crippen LogP contribution in [0.4, 0.5) is 4.39 Å². The fourth-order valence-electron chi connectivity index (χ4n) is 2.18. The minimum atomic E-state index is -0.132. The highest BCUT2D eigenvalue weighted by molar-refractivity contribution is 9.10. The molecule has 0 saturated carbocycles. The maximum Gasteiger partial charge on any atom is 0.128 e. The summed E-state index contributed by atoms with van der Waals surface area (Å²) in [4.78, 5) is 4.64. The van der Waals surface area contributed by atoms with Crippen molar-refractivity contribution in [3.63, 3.8) is 0 Å². The number of hydrogen-bond acceptors (Lipinski definition) is 2. The fourth-order valence-corrected chi connectivity index (χ4v) is 2.75. The van der Waals surface area contributed by atoms with Crippen LogP contribution in [0.25, 0.3) is 0 Å². The van der Waals surface area contributed by atoms with Crippen molar-refractivity contribution >= 4 is 27.5 Å². The van der Waals surface area contributed by atoms with Gasteiger partial charge in [0.1, 0.15) is 5.82 Å². The third kappa shape index (κ3) is 3.92. The monoisotopic (exact) mass is 334 g/mol. The summed E-state index contributed by atoms with van der Waals surface area (Å²) in [5, 5.41) is 0. The molecule has 1 aliphatic rings. The number of benzene rings is 1. The molecule has 1 aromatic rings. The van der Waals surface area contributed by atoms with E-state index in [0.29, 0.717) is 12.4 Å². The van der Waals surface area contributed by atoms with Crippen LogP contribution in [0.1, 0.15) is 5.56 Å². The molecule has 0 radical (unpaired) electrons. The molecule has 2 nitrogen and oxygen atoms in total. The normalized spacial score (nSPS) is 18.2. The quantitative estimate of drug-likeness (QED) is 0.781. The van der Waals surface area contributed by atoms with Gasteiger partial charge in [-0.05, 0) is 12.1 Å². The fraction of sp³-hybridized carbons (Fsp3) is 0.538. The van der Waals surface area contributed by atoms with Crippen LogP contribution < -0.4 is 0 Å². The molecule has 0 aromatic heterocycles. The molecule has 100 valence electrons. The van der Waals surface area contributed by atoms with E-state index in [1.807, 2.05) is 12.1 Å². The Hall–Kier alpha value is -0.160. The van der Waals surface area contributed by atoms with Gasteiger partial charge in [-0.2, -0.15) is 0 Å². The summed E-state index contributed by atoms with van der Waals surface area (Å²) < 4.78 is 14.5. The van der Waals surface area contributed by atoms with E-state index in [4.69, 9.17) is 11.6 Å². The predicted octanol–water partition coefficient (Wildman–Crippen LogP) is 2.94. The summed E-state index contributed by atoms with van der Waals surface area (Å²) in [7, 11) is 0. The second-order valence-electron chi connectivity index (χ2n) is 4.54.